The molecule has 1 aromatic heterocycles. The summed E-state index contributed by atoms with van der Waals surface area (Å²) < 4.78 is 27.7. The fourth-order valence-corrected chi connectivity index (χ4v) is 1.85. The van der Waals surface area contributed by atoms with Gasteiger partial charge in [0.2, 0.25) is 5.82 Å². The zero-order valence-corrected chi connectivity index (χ0v) is 11.3. The van der Waals surface area contributed by atoms with Crippen molar-refractivity contribution in [3.05, 3.63) is 49.8 Å². The standard InChI is InChI=1S/C11H5Cl2F2N3O2/c1-4-9(12)16-11(17-10(4)13)7-5(14)2-3-6(8(7)15)18(19)20/h2-3H,1H3. The first-order valence-electron chi connectivity index (χ1n) is 5.15. The van der Waals surface area contributed by atoms with E-state index in [9.17, 15) is 18.9 Å². The van der Waals surface area contributed by atoms with Crippen LogP contribution in [0.1, 0.15) is 5.56 Å². The average molecular weight is 320 g/mol. The third kappa shape index (κ3) is 2.41. The van der Waals surface area contributed by atoms with Crippen molar-refractivity contribution in [2.24, 2.45) is 0 Å². The minimum absolute atomic E-state index is 0.0923. The van der Waals surface area contributed by atoms with Crippen molar-refractivity contribution in [1.29, 1.82) is 0 Å². The topological polar surface area (TPSA) is 68.9 Å². The molecule has 1 aromatic carbocycles. The average Bonchev–Trinajstić information content (AvgIpc) is 2.35. The molecule has 0 radical (unpaired) electrons. The van der Waals surface area contributed by atoms with Crippen LogP contribution in [0.4, 0.5) is 14.5 Å². The van der Waals surface area contributed by atoms with Crippen LogP contribution in [0.15, 0.2) is 12.1 Å². The summed E-state index contributed by atoms with van der Waals surface area (Å²) >= 11 is 11.5. The number of nitro benzene ring substituents is 1. The maximum absolute atomic E-state index is 14.0. The Morgan fingerprint density at radius 1 is 1.20 bits per heavy atom. The number of nitrogens with zero attached hydrogens (tertiary/aromatic N) is 3. The molecular formula is C11H5Cl2F2N3O2. The molecule has 0 spiro atoms. The zero-order chi connectivity index (χ0) is 15.0. The lowest BCUT2D eigenvalue weighted by Crippen LogP contribution is -2.02. The lowest BCUT2D eigenvalue weighted by atomic mass is 10.1. The van der Waals surface area contributed by atoms with Crippen LogP contribution in [0.25, 0.3) is 11.4 Å². The molecule has 1 heterocycles. The van der Waals surface area contributed by atoms with E-state index in [1.807, 2.05) is 0 Å². The highest BCUT2D eigenvalue weighted by Gasteiger charge is 2.25. The molecule has 0 N–H and O–H groups in total. The zero-order valence-electron chi connectivity index (χ0n) is 9.82. The van der Waals surface area contributed by atoms with Crippen LogP contribution in [0.5, 0.6) is 0 Å². The van der Waals surface area contributed by atoms with Crippen LogP contribution in [0.2, 0.25) is 10.3 Å². The predicted octanol–water partition coefficient (Wildman–Crippen LogP) is 3.95. The largest absolute Gasteiger partial charge is 0.305 e. The molecule has 0 amide bonds. The van der Waals surface area contributed by atoms with Crippen LogP contribution < -0.4 is 0 Å². The van der Waals surface area contributed by atoms with Crippen molar-refractivity contribution in [2.75, 3.05) is 0 Å². The van der Waals surface area contributed by atoms with Crippen molar-refractivity contribution in [2.45, 2.75) is 6.92 Å². The minimum Gasteiger partial charge on any atom is -0.258 e. The van der Waals surface area contributed by atoms with E-state index in [4.69, 9.17) is 23.2 Å². The van der Waals surface area contributed by atoms with E-state index in [-0.39, 0.29) is 10.3 Å². The summed E-state index contributed by atoms with van der Waals surface area (Å²) in [4.78, 5) is 17.1. The molecule has 0 saturated carbocycles. The van der Waals surface area contributed by atoms with E-state index < -0.39 is 33.6 Å². The SMILES string of the molecule is Cc1c(Cl)nc(-c2c(F)ccc([N+](=O)[O-])c2F)nc1Cl. The molecule has 9 heteroatoms. The summed E-state index contributed by atoms with van der Waals surface area (Å²) in [7, 11) is 0. The fourth-order valence-electron chi connectivity index (χ4n) is 1.46. The number of nitro groups is 1. The Morgan fingerprint density at radius 3 is 2.25 bits per heavy atom. The summed E-state index contributed by atoms with van der Waals surface area (Å²) in [6, 6.07) is 1.47. The van der Waals surface area contributed by atoms with E-state index in [2.05, 4.69) is 9.97 Å². The van der Waals surface area contributed by atoms with Crippen LogP contribution in [0, 0.1) is 28.7 Å². The Morgan fingerprint density at radius 2 is 1.75 bits per heavy atom. The lowest BCUT2D eigenvalue weighted by molar-refractivity contribution is -0.387. The van der Waals surface area contributed by atoms with Gasteiger partial charge in [-0.1, -0.05) is 23.2 Å². The van der Waals surface area contributed by atoms with Gasteiger partial charge in [0.05, 0.1) is 10.5 Å². The Kier molecular flexibility index (Phi) is 3.82. The van der Waals surface area contributed by atoms with Crippen LogP contribution in [-0.2, 0) is 0 Å². The molecule has 104 valence electrons. The minimum atomic E-state index is -1.38. The molecule has 0 unspecified atom stereocenters. The summed E-state index contributed by atoms with van der Waals surface area (Å²) in [5.41, 5.74) is -1.30. The Labute approximate surface area is 121 Å². The van der Waals surface area contributed by atoms with Crippen molar-refractivity contribution in [1.82, 2.24) is 9.97 Å². The number of rotatable bonds is 2. The van der Waals surface area contributed by atoms with Gasteiger partial charge >= 0.3 is 5.69 Å². The molecule has 2 aromatic rings. The van der Waals surface area contributed by atoms with Crippen LogP contribution in [0.3, 0.4) is 0 Å². The monoisotopic (exact) mass is 319 g/mol. The molecule has 5 nitrogen and oxygen atoms in total. The second-order valence-electron chi connectivity index (χ2n) is 3.77. The molecule has 0 saturated heterocycles. The van der Waals surface area contributed by atoms with E-state index in [0.29, 0.717) is 11.6 Å². The Balaban J connectivity index is 2.76. The third-order valence-corrected chi connectivity index (χ3v) is 3.25. The molecule has 2 rings (SSSR count). The Hall–Kier alpha value is -1.86. The van der Waals surface area contributed by atoms with E-state index >= 15 is 0 Å². The van der Waals surface area contributed by atoms with Gasteiger partial charge in [-0.2, -0.15) is 4.39 Å². The predicted molar refractivity (Wildman–Crippen MR) is 68.8 cm³/mol. The number of benzene rings is 1. The smallest absolute Gasteiger partial charge is 0.258 e. The molecule has 20 heavy (non-hydrogen) atoms. The summed E-state index contributed by atoms with van der Waals surface area (Å²) in [5.74, 6) is -2.89. The highest BCUT2D eigenvalue weighted by Crippen LogP contribution is 2.32. The molecule has 0 fully saturated rings. The highest BCUT2D eigenvalue weighted by molar-refractivity contribution is 6.34. The number of hydrogen-bond donors (Lipinski definition) is 0. The van der Waals surface area contributed by atoms with E-state index in [0.717, 1.165) is 6.07 Å². The van der Waals surface area contributed by atoms with Gasteiger partial charge in [0.1, 0.15) is 16.1 Å². The van der Waals surface area contributed by atoms with Gasteiger partial charge in [-0.05, 0) is 13.0 Å². The molecule has 0 aliphatic heterocycles. The first-order chi connectivity index (χ1) is 9.32. The van der Waals surface area contributed by atoms with Gasteiger partial charge in [0.15, 0.2) is 5.82 Å². The molecule has 0 aliphatic carbocycles. The summed E-state index contributed by atoms with van der Waals surface area (Å²) in [5, 5.41) is 10.5. The molecule has 0 aliphatic rings. The third-order valence-electron chi connectivity index (χ3n) is 2.52. The van der Waals surface area contributed by atoms with Crippen molar-refractivity contribution in [3.8, 4) is 11.4 Å². The second-order valence-corrected chi connectivity index (χ2v) is 4.48. The van der Waals surface area contributed by atoms with Gasteiger partial charge in [-0.25, -0.2) is 14.4 Å². The number of hydrogen-bond acceptors (Lipinski definition) is 4. The van der Waals surface area contributed by atoms with Crippen molar-refractivity contribution in [3.63, 3.8) is 0 Å². The second kappa shape index (κ2) is 5.26. The van der Waals surface area contributed by atoms with Gasteiger partial charge in [-0.15, -0.1) is 0 Å². The van der Waals surface area contributed by atoms with Crippen LogP contribution in [-0.4, -0.2) is 14.9 Å². The maximum Gasteiger partial charge on any atom is 0.305 e. The first-order valence-corrected chi connectivity index (χ1v) is 5.91. The maximum atomic E-state index is 14.0. The normalized spacial score (nSPS) is 10.7. The summed E-state index contributed by atoms with van der Waals surface area (Å²) in [6.45, 7) is 1.52. The van der Waals surface area contributed by atoms with Gasteiger partial charge in [0, 0.05) is 11.6 Å². The number of aromatic nitrogens is 2. The first kappa shape index (κ1) is 14.5. The van der Waals surface area contributed by atoms with Crippen LogP contribution >= 0.6 is 23.2 Å². The van der Waals surface area contributed by atoms with Crippen molar-refractivity contribution < 1.29 is 13.7 Å². The molecule has 0 bridgehead atoms. The van der Waals surface area contributed by atoms with Crippen molar-refractivity contribution >= 4 is 28.9 Å². The quantitative estimate of drug-likeness (QED) is 0.477. The Bertz CT molecular complexity index is 702. The highest BCUT2D eigenvalue weighted by atomic mass is 35.5. The van der Waals surface area contributed by atoms with Gasteiger partial charge in [0.25, 0.3) is 0 Å². The molecular weight excluding hydrogens is 315 g/mol. The van der Waals surface area contributed by atoms with Gasteiger partial charge < -0.3 is 0 Å². The lowest BCUT2D eigenvalue weighted by Gasteiger charge is -2.07. The fraction of sp³-hybridized carbons (Fsp3) is 0.0909. The number of halogens is 4. The molecule has 0 atom stereocenters. The van der Waals surface area contributed by atoms with Gasteiger partial charge in [-0.3, -0.25) is 10.1 Å². The summed E-state index contributed by atoms with van der Waals surface area (Å²) in [6.07, 6.45) is 0. The van der Waals surface area contributed by atoms with E-state index in [1.54, 1.807) is 0 Å². The van der Waals surface area contributed by atoms with E-state index in [1.165, 1.54) is 6.92 Å².